The van der Waals surface area contributed by atoms with Crippen molar-refractivity contribution in [3.05, 3.63) is 0 Å². The first kappa shape index (κ1) is 12.8. The Balaban J connectivity index is 2.38. The van der Waals surface area contributed by atoms with Gasteiger partial charge in [-0.15, -0.1) is 0 Å². The Morgan fingerprint density at radius 1 is 1.50 bits per heavy atom. The van der Waals surface area contributed by atoms with Gasteiger partial charge in [-0.3, -0.25) is 4.79 Å². The normalized spacial score (nSPS) is 24.5. The van der Waals surface area contributed by atoms with E-state index in [0.717, 1.165) is 19.4 Å². The summed E-state index contributed by atoms with van der Waals surface area (Å²) < 4.78 is 0. The standard InChI is InChI=1S/C11H20N2O3/c1-3-9-8(2)5-7-13(9)11(16)12-6-4-10(14)15/h8-9H,3-7H2,1-2H3,(H,12,16)(H,14,15). The van der Waals surface area contributed by atoms with Crippen molar-refractivity contribution in [2.75, 3.05) is 13.1 Å². The van der Waals surface area contributed by atoms with Crippen molar-refractivity contribution in [1.82, 2.24) is 10.2 Å². The highest BCUT2D eigenvalue weighted by atomic mass is 16.4. The summed E-state index contributed by atoms with van der Waals surface area (Å²) in [4.78, 5) is 23.9. The Hall–Kier alpha value is -1.26. The van der Waals surface area contributed by atoms with Crippen molar-refractivity contribution in [1.29, 1.82) is 0 Å². The maximum atomic E-state index is 11.8. The molecule has 0 spiro atoms. The molecule has 1 fully saturated rings. The molecule has 0 bridgehead atoms. The number of nitrogens with zero attached hydrogens (tertiary/aromatic N) is 1. The molecule has 2 unspecified atom stereocenters. The van der Waals surface area contributed by atoms with E-state index < -0.39 is 5.97 Å². The maximum Gasteiger partial charge on any atom is 0.317 e. The quantitative estimate of drug-likeness (QED) is 0.761. The van der Waals surface area contributed by atoms with Crippen LogP contribution in [0.3, 0.4) is 0 Å². The summed E-state index contributed by atoms with van der Waals surface area (Å²) in [6.07, 6.45) is 1.96. The monoisotopic (exact) mass is 228 g/mol. The molecule has 1 aliphatic heterocycles. The van der Waals surface area contributed by atoms with E-state index in [2.05, 4.69) is 19.2 Å². The zero-order valence-electron chi connectivity index (χ0n) is 9.90. The third-order valence-electron chi connectivity index (χ3n) is 3.18. The number of likely N-dealkylation sites (tertiary alicyclic amines) is 1. The Morgan fingerprint density at radius 2 is 2.19 bits per heavy atom. The van der Waals surface area contributed by atoms with Gasteiger partial charge in [0.15, 0.2) is 0 Å². The van der Waals surface area contributed by atoms with Crippen LogP contribution in [0.15, 0.2) is 0 Å². The van der Waals surface area contributed by atoms with Gasteiger partial charge in [0.05, 0.1) is 6.42 Å². The minimum atomic E-state index is -0.887. The van der Waals surface area contributed by atoms with Crippen LogP contribution in [-0.4, -0.2) is 41.1 Å². The van der Waals surface area contributed by atoms with Gasteiger partial charge in [-0.25, -0.2) is 4.79 Å². The predicted octanol–water partition coefficient (Wildman–Crippen LogP) is 1.29. The second-order valence-electron chi connectivity index (χ2n) is 4.31. The van der Waals surface area contributed by atoms with Crippen LogP contribution in [0.1, 0.15) is 33.1 Å². The lowest BCUT2D eigenvalue weighted by atomic mass is 10.0. The van der Waals surface area contributed by atoms with Crippen molar-refractivity contribution in [2.45, 2.75) is 39.2 Å². The highest BCUT2D eigenvalue weighted by Crippen LogP contribution is 2.25. The Bertz CT molecular complexity index is 268. The van der Waals surface area contributed by atoms with Gasteiger partial charge in [-0.1, -0.05) is 13.8 Å². The van der Waals surface area contributed by atoms with Crippen LogP contribution >= 0.6 is 0 Å². The third-order valence-corrected chi connectivity index (χ3v) is 3.18. The van der Waals surface area contributed by atoms with E-state index in [1.165, 1.54) is 0 Å². The van der Waals surface area contributed by atoms with Crippen molar-refractivity contribution in [2.24, 2.45) is 5.92 Å². The SMILES string of the molecule is CCC1C(C)CCN1C(=O)NCCC(=O)O. The zero-order chi connectivity index (χ0) is 12.1. The molecule has 2 N–H and O–H groups in total. The van der Waals surface area contributed by atoms with Crippen molar-refractivity contribution >= 4 is 12.0 Å². The van der Waals surface area contributed by atoms with E-state index in [9.17, 15) is 9.59 Å². The van der Waals surface area contributed by atoms with Gasteiger partial charge in [-0.05, 0) is 18.8 Å². The minimum absolute atomic E-state index is 0.0219. The Morgan fingerprint density at radius 3 is 2.75 bits per heavy atom. The van der Waals surface area contributed by atoms with Crippen LogP contribution < -0.4 is 5.32 Å². The predicted molar refractivity (Wildman–Crippen MR) is 60.2 cm³/mol. The zero-order valence-corrected chi connectivity index (χ0v) is 9.90. The molecule has 0 aromatic rings. The Kier molecular flexibility index (Phi) is 4.58. The number of carboxylic acids is 1. The Labute approximate surface area is 95.8 Å². The smallest absolute Gasteiger partial charge is 0.317 e. The molecule has 0 aromatic heterocycles. The summed E-state index contributed by atoms with van der Waals surface area (Å²) in [5.41, 5.74) is 0. The fourth-order valence-electron chi connectivity index (χ4n) is 2.26. The number of nitrogens with one attached hydrogen (secondary N) is 1. The fraction of sp³-hybridized carbons (Fsp3) is 0.818. The summed E-state index contributed by atoms with van der Waals surface area (Å²) in [5, 5.41) is 11.1. The van der Waals surface area contributed by atoms with Gasteiger partial charge in [0.2, 0.25) is 0 Å². The second kappa shape index (κ2) is 5.72. The number of carbonyl (C=O) groups excluding carboxylic acids is 1. The average Bonchev–Trinajstić information content (AvgIpc) is 2.58. The third kappa shape index (κ3) is 3.12. The number of urea groups is 1. The summed E-state index contributed by atoms with van der Waals surface area (Å²) in [6.45, 7) is 5.21. The molecule has 16 heavy (non-hydrogen) atoms. The van der Waals surface area contributed by atoms with Gasteiger partial charge in [0.25, 0.3) is 0 Å². The molecule has 2 atom stereocenters. The van der Waals surface area contributed by atoms with E-state index in [1.54, 1.807) is 0 Å². The minimum Gasteiger partial charge on any atom is -0.481 e. The van der Waals surface area contributed by atoms with E-state index in [-0.39, 0.29) is 19.0 Å². The first-order chi connectivity index (χ1) is 7.56. The first-order valence-corrected chi connectivity index (χ1v) is 5.82. The lowest BCUT2D eigenvalue weighted by molar-refractivity contribution is -0.136. The molecular formula is C11H20N2O3. The largest absolute Gasteiger partial charge is 0.481 e. The van der Waals surface area contributed by atoms with Crippen molar-refractivity contribution < 1.29 is 14.7 Å². The van der Waals surface area contributed by atoms with Crippen LogP contribution in [0.5, 0.6) is 0 Å². The number of rotatable bonds is 4. The number of aliphatic carboxylic acids is 1. The molecule has 2 amide bonds. The van der Waals surface area contributed by atoms with Crippen molar-refractivity contribution in [3.8, 4) is 0 Å². The second-order valence-corrected chi connectivity index (χ2v) is 4.31. The molecule has 1 rings (SSSR count). The summed E-state index contributed by atoms with van der Waals surface area (Å²) >= 11 is 0. The number of hydrogen-bond acceptors (Lipinski definition) is 2. The number of amides is 2. The van der Waals surface area contributed by atoms with Gasteiger partial charge < -0.3 is 15.3 Å². The van der Waals surface area contributed by atoms with E-state index >= 15 is 0 Å². The molecule has 0 saturated carbocycles. The average molecular weight is 228 g/mol. The van der Waals surface area contributed by atoms with E-state index in [1.807, 2.05) is 4.90 Å². The molecule has 5 nitrogen and oxygen atoms in total. The van der Waals surface area contributed by atoms with Crippen LogP contribution in [0, 0.1) is 5.92 Å². The van der Waals surface area contributed by atoms with Gasteiger partial charge >= 0.3 is 12.0 Å². The van der Waals surface area contributed by atoms with E-state index in [0.29, 0.717) is 12.0 Å². The molecule has 1 aliphatic rings. The van der Waals surface area contributed by atoms with Crippen LogP contribution in [0.4, 0.5) is 4.79 Å². The molecule has 0 radical (unpaired) electrons. The van der Waals surface area contributed by atoms with Gasteiger partial charge in [-0.2, -0.15) is 0 Å². The van der Waals surface area contributed by atoms with Crippen molar-refractivity contribution in [3.63, 3.8) is 0 Å². The molecule has 1 heterocycles. The molecule has 1 saturated heterocycles. The lowest BCUT2D eigenvalue weighted by Crippen LogP contribution is -2.44. The number of carboxylic acid groups (broad SMARTS) is 1. The highest BCUT2D eigenvalue weighted by Gasteiger charge is 2.32. The van der Waals surface area contributed by atoms with E-state index in [4.69, 9.17) is 5.11 Å². The summed E-state index contributed by atoms with van der Waals surface area (Å²) in [5.74, 6) is -0.350. The lowest BCUT2D eigenvalue weighted by Gasteiger charge is -2.26. The molecular weight excluding hydrogens is 208 g/mol. The molecule has 0 aromatic carbocycles. The van der Waals surface area contributed by atoms with Gasteiger partial charge in [0.1, 0.15) is 0 Å². The fourth-order valence-corrected chi connectivity index (χ4v) is 2.26. The number of hydrogen-bond donors (Lipinski definition) is 2. The summed E-state index contributed by atoms with van der Waals surface area (Å²) in [6, 6.07) is 0.169. The highest BCUT2D eigenvalue weighted by molar-refractivity contribution is 5.75. The number of carbonyl (C=O) groups is 2. The molecule has 92 valence electrons. The maximum absolute atomic E-state index is 11.8. The van der Waals surface area contributed by atoms with Crippen LogP contribution in [-0.2, 0) is 4.79 Å². The van der Waals surface area contributed by atoms with Crippen LogP contribution in [0.25, 0.3) is 0 Å². The summed E-state index contributed by atoms with van der Waals surface area (Å²) in [7, 11) is 0. The first-order valence-electron chi connectivity index (χ1n) is 5.82. The topological polar surface area (TPSA) is 69.6 Å². The molecule has 5 heteroatoms. The molecule has 0 aliphatic carbocycles. The van der Waals surface area contributed by atoms with Gasteiger partial charge in [0, 0.05) is 19.1 Å². The van der Waals surface area contributed by atoms with Crippen LogP contribution in [0.2, 0.25) is 0 Å².